The third-order valence-corrected chi connectivity index (χ3v) is 3.64. The molecule has 3 rings (SSSR count). The lowest BCUT2D eigenvalue weighted by atomic mass is 10.1. The van der Waals surface area contributed by atoms with Crippen LogP contribution in [0.15, 0.2) is 36.7 Å². The molecule has 0 bridgehead atoms. The van der Waals surface area contributed by atoms with E-state index < -0.39 is 0 Å². The first kappa shape index (κ1) is 15.9. The van der Waals surface area contributed by atoms with Crippen molar-refractivity contribution in [3.05, 3.63) is 47.9 Å². The molecule has 0 atom stereocenters. The van der Waals surface area contributed by atoms with Crippen LogP contribution in [-0.2, 0) is 12.1 Å². The molecule has 0 fully saturated rings. The molecule has 0 spiro atoms. The molecule has 7 heteroatoms. The summed E-state index contributed by atoms with van der Waals surface area (Å²) in [5.41, 5.74) is 7.45. The maximum absolute atomic E-state index is 12.6. The summed E-state index contributed by atoms with van der Waals surface area (Å²) in [6, 6.07) is 9.68. The number of rotatable bonds is 3. The van der Waals surface area contributed by atoms with Crippen LogP contribution in [0.25, 0.3) is 11.0 Å². The number of carbonyl (C=O) groups is 1. The van der Waals surface area contributed by atoms with Crippen molar-refractivity contribution in [2.45, 2.75) is 32.9 Å². The summed E-state index contributed by atoms with van der Waals surface area (Å²) < 4.78 is 1.71. The summed E-state index contributed by atoms with van der Waals surface area (Å²) in [7, 11) is 0. The van der Waals surface area contributed by atoms with E-state index in [2.05, 4.69) is 20.4 Å². The number of nitrogens with one attached hydrogen (secondary N) is 1. The maximum Gasteiger partial charge on any atom is 0.272 e. The Morgan fingerprint density at radius 1 is 1.21 bits per heavy atom. The zero-order chi connectivity index (χ0) is 17.3. The summed E-state index contributed by atoms with van der Waals surface area (Å²) >= 11 is 0. The lowest BCUT2D eigenvalue weighted by Gasteiger charge is -2.19. The molecule has 0 saturated carbocycles. The highest BCUT2D eigenvalue weighted by molar-refractivity contribution is 6.07. The highest BCUT2D eigenvalue weighted by atomic mass is 16.1. The van der Waals surface area contributed by atoms with Crippen LogP contribution in [0.1, 0.15) is 36.8 Å². The van der Waals surface area contributed by atoms with Crippen LogP contribution in [-0.4, -0.2) is 25.7 Å². The first-order chi connectivity index (χ1) is 11.4. The van der Waals surface area contributed by atoms with Crippen molar-refractivity contribution in [1.29, 1.82) is 0 Å². The molecule has 2 heterocycles. The Balaban J connectivity index is 1.98. The number of amides is 1. The molecule has 2 aromatic heterocycles. The van der Waals surface area contributed by atoms with E-state index in [4.69, 9.17) is 5.73 Å². The van der Waals surface area contributed by atoms with Gasteiger partial charge in [0.15, 0.2) is 11.3 Å². The number of nitrogens with two attached hydrogens (primary N) is 1. The van der Waals surface area contributed by atoms with E-state index >= 15 is 0 Å². The standard InChI is InChI=1S/C17H20N6O/c1-17(2,3)23-15-12(14(18)20-10-21-15)13(22-23)16(24)19-9-11-7-5-4-6-8-11/h4-8,10H,9H2,1-3H3,(H,19,24)(H2,18,20,21). The van der Waals surface area contributed by atoms with E-state index in [9.17, 15) is 4.79 Å². The van der Waals surface area contributed by atoms with Gasteiger partial charge in [-0.15, -0.1) is 0 Å². The molecule has 24 heavy (non-hydrogen) atoms. The Morgan fingerprint density at radius 2 is 1.92 bits per heavy atom. The molecule has 7 nitrogen and oxygen atoms in total. The molecule has 1 aromatic carbocycles. The van der Waals surface area contributed by atoms with Gasteiger partial charge < -0.3 is 11.1 Å². The first-order valence-electron chi connectivity index (χ1n) is 7.70. The number of hydrogen-bond donors (Lipinski definition) is 2. The minimum Gasteiger partial charge on any atom is -0.383 e. The van der Waals surface area contributed by atoms with E-state index in [0.29, 0.717) is 17.6 Å². The molecule has 0 radical (unpaired) electrons. The predicted octanol–water partition coefficient (Wildman–Crippen LogP) is 2.09. The average Bonchev–Trinajstić information content (AvgIpc) is 2.95. The van der Waals surface area contributed by atoms with Crippen LogP contribution >= 0.6 is 0 Å². The van der Waals surface area contributed by atoms with E-state index in [1.807, 2.05) is 51.1 Å². The van der Waals surface area contributed by atoms with E-state index in [1.165, 1.54) is 6.33 Å². The van der Waals surface area contributed by atoms with Crippen molar-refractivity contribution >= 4 is 22.8 Å². The second kappa shape index (κ2) is 5.92. The zero-order valence-corrected chi connectivity index (χ0v) is 13.9. The van der Waals surface area contributed by atoms with Crippen molar-refractivity contribution in [1.82, 2.24) is 25.1 Å². The fraction of sp³-hybridized carbons (Fsp3) is 0.294. The summed E-state index contributed by atoms with van der Waals surface area (Å²) in [4.78, 5) is 20.9. The lowest BCUT2D eigenvalue weighted by molar-refractivity contribution is 0.0946. The van der Waals surface area contributed by atoms with E-state index in [1.54, 1.807) is 4.68 Å². The van der Waals surface area contributed by atoms with Crippen molar-refractivity contribution < 1.29 is 4.79 Å². The average molecular weight is 324 g/mol. The molecule has 3 N–H and O–H groups in total. The molecule has 0 unspecified atom stereocenters. The highest BCUT2D eigenvalue weighted by Gasteiger charge is 2.26. The Morgan fingerprint density at radius 3 is 2.58 bits per heavy atom. The number of carbonyl (C=O) groups excluding carboxylic acids is 1. The van der Waals surface area contributed by atoms with Gasteiger partial charge in [-0.3, -0.25) is 4.79 Å². The van der Waals surface area contributed by atoms with Crippen LogP contribution in [0.3, 0.4) is 0 Å². The summed E-state index contributed by atoms with van der Waals surface area (Å²) in [5.74, 6) is -0.0475. The topological polar surface area (TPSA) is 98.7 Å². The number of hydrogen-bond acceptors (Lipinski definition) is 5. The van der Waals surface area contributed by atoms with Gasteiger partial charge in [-0.2, -0.15) is 5.10 Å². The quantitative estimate of drug-likeness (QED) is 0.768. The molecule has 3 aromatic rings. The number of nitrogens with zero attached hydrogens (tertiary/aromatic N) is 4. The minimum absolute atomic E-state index is 0.244. The number of aromatic nitrogens is 4. The summed E-state index contributed by atoms with van der Waals surface area (Å²) in [5, 5.41) is 7.81. The molecular weight excluding hydrogens is 304 g/mol. The van der Waals surface area contributed by atoms with Gasteiger partial charge in [-0.05, 0) is 26.3 Å². The zero-order valence-electron chi connectivity index (χ0n) is 13.9. The molecule has 0 aliphatic heterocycles. The van der Waals surface area contributed by atoms with Gasteiger partial charge in [-0.1, -0.05) is 30.3 Å². The predicted molar refractivity (Wildman–Crippen MR) is 92.3 cm³/mol. The Bertz CT molecular complexity index is 879. The third kappa shape index (κ3) is 2.92. The van der Waals surface area contributed by atoms with E-state index in [0.717, 1.165) is 5.56 Å². The van der Waals surface area contributed by atoms with Crippen molar-refractivity contribution in [3.63, 3.8) is 0 Å². The van der Waals surface area contributed by atoms with Gasteiger partial charge in [-0.25, -0.2) is 14.6 Å². The molecular formula is C17H20N6O. The van der Waals surface area contributed by atoms with Crippen molar-refractivity contribution in [3.8, 4) is 0 Å². The smallest absolute Gasteiger partial charge is 0.272 e. The van der Waals surface area contributed by atoms with Gasteiger partial charge in [0.25, 0.3) is 5.91 Å². The monoisotopic (exact) mass is 324 g/mol. The lowest BCUT2D eigenvalue weighted by Crippen LogP contribution is -2.26. The fourth-order valence-electron chi connectivity index (χ4n) is 2.46. The van der Waals surface area contributed by atoms with Gasteiger partial charge in [0.2, 0.25) is 0 Å². The number of anilines is 1. The highest BCUT2D eigenvalue weighted by Crippen LogP contribution is 2.26. The minimum atomic E-state index is -0.336. The van der Waals surface area contributed by atoms with E-state index in [-0.39, 0.29) is 23.0 Å². The Hall–Kier alpha value is -2.96. The van der Waals surface area contributed by atoms with Gasteiger partial charge in [0.05, 0.1) is 10.9 Å². The fourth-order valence-corrected chi connectivity index (χ4v) is 2.46. The normalized spacial score (nSPS) is 11.6. The molecule has 124 valence electrons. The number of fused-ring (bicyclic) bond motifs is 1. The van der Waals surface area contributed by atoms with Crippen LogP contribution in [0.5, 0.6) is 0 Å². The Kier molecular flexibility index (Phi) is 3.92. The number of benzene rings is 1. The van der Waals surface area contributed by atoms with Gasteiger partial charge in [0, 0.05) is 6.54 Å². The van der Waals surface area contributed by atoms with Crippen LogP contribution < -0.4 is 11.1 Å². The Labute approximate surface area is 139 Å². The van der Waals surface area contributed by atoms with Crippen LogP contribution in [0, 0.1) is 0 Å². The third-order valence-electron chi connectivity index (χ3n) is 3.64. The summed E-state index contributed by atoms with van der Waals surface area (Å²) in [6.45, 7) is 6.38. The van der Waals surface area contributed by atoms with Crippen molar-refractivity contribution in [2.24, 2.45) is 0 Å². The van der Waals surface area contributed by atoms with Crippen LogP contribution in [0.4, 0.5) is 5.82 Å². The van der Waals surface area contributed by atoms with Crippen molar-refractivity contribution in [2.75, 3.05) is 5.73 Å². The number of nitrogen functional groups attached to an aromatic ring is 1. The molecule has 0 aliphatic rings. The second-order valence-electron chi connectivity index (χ2n) is 6.56. The largest absolute Gasteiger partial charge is 0.383 e. The van der Waals surface area contributed by atoms with Crippen LogP contribution in [0.2, 0.25) is 0 Å². The molecule has 1 amide bonds. The van der Waals surface area contributed by atoms with Gasteiger partial charge >= 0.3 is 0 Å². The summed E-state index contributed by atoms with van der Waals surface area (Å²) in [6.07, 6.45) is 1.38. The molecule has 0 aliphatic carbocycles. The van der Waals surface area contributed by atoms with Gasteiger partial charge in [0.1, 0.15) is 12.1 Å². The first-order valence-corrected chi connectivity index (χ1v) is 7.70. The maximum atomic E-state index is 12.6. The molecule has 0 saturated heterocycles. The second-order valence-corrected chi connectivity index (χ2v) is 6.56. The SMILES string of the molecule is CC(C)(C)n1nc(C(=O)NCc2ccccc2)c2c(N)ncnc21.